The highest BCUT2D eigenvalue weighted by Crippen LogP contribution is 2.49. The normalized spacial score (nSPS) is 12.9. The standard InChI is InChI=1S/C44H46N2O4S/c47-42(48)41(46-43(49)50-32-40-38-26-12-10-24-36(38)37-25-11-13-27-39(37)40)28-14-15-29-45-30-16-17-31-51-44(33-18-4-1-5-19-33,34-20-6-2-7-21-34)35-22-8-3-9-23-35/h1-13,18-27,40-41,45H,14-17,28-32H2,(H,46,49)(H,47,48)/t41-/m0/s1. The van der Waals surface area contributed by atoms with Crippen molar-refractivity contribution >= 4 is 23.8 Å². The van der Waals surface area contributed by atoms with Gasteiger partial charge >= 0.3 is 12.1 Å². The first-order valence-corrected chi connectivity index (χ1v) is 18.9. The number of ether oxygens (including phenoxy) is 1. The van der Waals surface area contributed by atoms with Crippen LogP contribution in [0.4, 0.5) is 4.79 Å². The molecule has 0 radical (unpaired) electrons. The van der Waals surface area contributed by atoms with Crippen LogP contribution in [0.25, 0.3) is 11.1 Å². The average Bonchev–Trinajstić information content (AvgIpc) is 3.50. The maximum atomic E-state index is 12.7. The van der Waals surface area contributed by atoms with E-state index in [0.29, 0.717) is 12.8 Å². The number of alkyl carbamates (subject to hydrolysis) is 1. The zero-order valence-corrected chi connectivity index (χ0v) is 29.7. The Morgan fingerprint density at radius 2 is 1.12 bits per heavy atom. The Bertz CT molecular complexity index is 1710. The van der Waals surface area contributed by atoms with Crippen LogP contribution in [0.1, 0.15) is 65.8 Å². The number of hydrogen-bond acceptors (Lipinski definition) is 5. The second-order valence-corrected chi connectivity index (χ2v) is 14.3. The highest BCUT2D eigenvalue weighted by atomic mass is 32.2. The number of carboxylic acid groups (broad SMARTS) is 1. The van der Waals surface area contributed by atoms with Crippen LogP contribution in [-0.2, 0) is 14.3 Å². The summed E-state index contributed by atoms with van der Waals surface area (Å²) in [6.07, 6.45) is 3.26. The Kier molecular flexibility index (Phi) is 12.6. The second kappa shape index (κ2) is 17.9. The molecule has 0 aliphatic heterocycles. The number of benzene rings is 5. The predicted molar refractivity (Wildman–Crippen MR) is 207 cm³/mol. The third kappa shape index (κ3) is 8.73. The number of carbonyl (C=O) groups excluding carboxylic acids is 1. The lowest BCUT2D eigenvalue weighted by atomic mass is 9.84. The third-order valence-electron chi connectivity index (χ3n) is 9.64. The van der Waals surface area contributed by atoms with Gasteiger partial charge < -0.3 is 20.5 Å². The summed E-state index contributed by atoms with van der Waals surface area (Å²) in [4.78, 5) is 24.6. The molecule has 1 amide bonds. The lowest BCUT2D eigenvalue weighted by Gasteiger charge is -2.35. The Labute approximate surface area is 305 Å². The number of fused-ring (bicyclic) bond motifs is 3. The van der Waals surface area contributed by atoms with Crippen LogP contribution in [0.15, 0.2) is 140 Å². The second-order valence-electron chi connectivity index (χ2n) is 12.9. The molecule has 6 nitrogen and oxygen atoms in total. The first-order valence-electron chi connectivity index (χ1n) is 17.9. The molecule has 1 aliphatic carbocycles. The Morgan fingerprint density at radius 3 is 1.63 bits per heavy atom. The van der Waals surface area contributed by atoms with Crippen molar-refractivity contribution in [3.8, 4) is 11.1 Å². The highest BCUT2D eigenvalue weighted by molar-refractivity contribution is 8.00. The minimum absolute atomic E-state index is 0.0739. The molecule has 1 atom stereocenters. The van der Waals surface area contributed by atoms with E-state index in [1.165, 1.54) is 16.7 Å². The average molecular weight is 699 g/mol. The molecule has 1 aliphatic rings. The van der Waals surface area contributed by atoms with Crippen molar-refractivity contribution < 1.29 is 19.4 Å². The topological polar surface area (TPSA) is 87.7 Å². The van der Waals surface area contributed by atoms with Crippen LogP contribution in [0.3, 0.4) is 0 Å². The largest absolute Gasteiger partial charge is 0.480 e. The zero-order chi connectivity index (χ0) is 35.3. The van der Waals surface area contributed by atoms with E-state index >= 15 is 0 Å². The van der Waals surface area contributed by atoms with Gasteiger partial charge in [0.1, 0.15) is 12.6 Å². The molecule has 7 heteroatoms. The Morgan fingerprint density at radius 1 is 0.647 bits per heavy atom. The van der Waals surface area contributed by atoms with Crippen LogP contribution in [0, 0.1) is 0 Å². The summed E-state index contributed by atoms with van der Waals surface area (Å²) in [6, 6.07) is 47.6. The van der Waals surface area contributed by atoms with Gasteiger partial charge in [0.2, 0.25) is 0 Å². The Hall–Kier alpha value is -4.85. The van der Waals surface area contributed by atoms with Crippen molar-refractivity contribution in [2.45, 2.75) is 48.8 Å². The number of amides is 1. The first kappa shape index (κ1) is 36.0. The predicted octanol–water partition coefficient (Wildman–Crippen LogP) is 9.24. The molecule has 5 aromatic carbocycles. The van der Waals surface area contributed by atoms with Crippen molar-refractivity contribution in [2.75, 3.05) is 25.4 Å². The molecule has 6 rings (SSSR count). The van der Waals surface area contributed by atoms with Gasteiger partial charge in [0, 0.05) is 5.92 Å². The van der Waals surface area contributed by atoms with Gasteiger partial charge in [-0.05, 0) is 89.9 Å². The van der Waals surface area contributed by atoms with Gasteiger partial charge in [-0.1, -0.05) is 140 Å². The van der Waals surface area contributed by atoms with Crippen molar-refractivity contribution in [3.05, 3.63) is 167 Å². The van der Waals surface area contributed by atoms with E-state index in [1.54, 1.807) is 0 Å². The summed E-state index contributed by atoms with van der Waals surface area (Å²) in [5.74, 6) is -0.121. The number of rotatable bonds is 18. The van der Waals surface area contributed by atoms with Gasteiger partial charge in [0.05, 0.1) is 4.75 Å². The van der Waals surface area contributed by atoms with Gasteiger partial charge in [-0.2, -0.15) is 0 Å². The van der Waals surface area contributed by atoms with E-state index in [1.807, 2.05) is 36.0 Å². The van der Waals surface area contributed by atoms with E-state index in [-0.39, 0.29) is 17.3 Å². The SMILES string of the molecule is O=C(N[C@@H](CCCCNCCCCSC(c1ccccc1)(c1ccccc1)c1ccccc1)C(=O)O)OCC1c2ccccc2-c2ccccc21. The van der Waals surface area contributed by atoms with Gasteiger partial charge in [-0.3, -0.25) is 0 Å². The molecule has 0 saturated carbocycles. The van der Waals surface area contributed by atoms with Crippen LogP contribution in [0.2, 0.25) is 0 Å². The molecule has 51 heavy (non-hydrogen) atoms. The summed E-state index contributed by atoms with van der Waals surface area (Å²) in [5.41, 5.74) is 8.36. The van der Waals surface area contributed by atoms with Crippen molar-refractivity contribution in [1.82, 2.24) is 10.6 Å². The molecule has 3 N–H and O–H groups in total. The summed E-state index contributed by atoms with van der Waals surface area (Å²) in [7, 11) is 0. The number of thioether (sulfide) groups is 1. The maximum Gasteiger partial charge on any atom is 0.407 e. The molecule has 262 valence electrons. The minimum atomic E-state index is -1.05. The molecule has 5 aromatic rings. The summed E-state index contributed by atoms with van der Waals surface area (Å²) in [5, 5.41) is 15.9. The van der Waals surface area contributed by atoms with Gasteiger partial charge in [0.15, 0.2) is 0 Å². The van der Waals surface area contributed by atoms with E-state index in [4.69, 9.17) is 4.74 Å². The molecule has 0 aromatic heterocycles. The number of carboxylic acids is 1. The number of nitrogens with one attached hydrogen (secondary N) is 2. The van der Waals surface area contributed by atoms with Crippen LogP contribution in [-0.4, -0.2) is 48.7 Å². The Balaban J connectivity index is 0.916. The molecule has 0 fully saturated rings. The third-order valence-corrected chi connectivity index (χ3v) is 11.3. The van der Waals surface area contributed by atoms with Crippen LogP contribution in [0.5, 0.6) is 0 Å². The van der Waals surface area contributed by atoms with E-state index in [2.05, 4.69) is 126 Å². The van der Waals surface area contributed by atoms with Gasteiger partial charge in [0.25, 0.3) is 0 Å². The van der Waals surface area contributed by atoms with Gasteiger partial charge in [-0.25, -0.2) is 9.59 Å². The number of carbonyl (C=O) groups is 2. The smallest absolute Gasteiger partial charge is 0.407 e. The molecule has 0 spiro atoms. The fraction of sp³-hybridized carbons (Fsp3) is 0.273. The quantitative estimate of drug-likeness (QED) is 0.0625. The minimum Gasteiger partial charge on any atom is -0.480 e. The fourth-order valence-electron chi connectivity index (χ4n) is 7.11. The first-order chi connectivity index (χ1) is 25.1. The highest BCUT2D eigenvalue weighted by Gasteiger charge is 2.36. The molecular formula is C44H46N2O4S. The molecule has 0 unspecified atom stereocenters. The van der Waals surface area contributed by atoms with Crippen LogP contribution >= 0.6 is 11.8 Å². The van der Waals surface area contributed by atoms with Crippen molar-refractivity contribution in [2.24, 2.45) is 0 Å². The summed E-state index contributed by atoms with van der Waals surface area (Å²) >= 11 is 1.99. The summed E-state index contributed by atoms with van der Waals surface area (Å²) in [6.45, 7) is 1.85. The zero-order valence-electron chi connectivity index (χ0n) is 28.9. The van der Waals surface area contributed by atoms with E-state index in [0.717, 1.165) is 60.4 Å². The van der Waals surface area contributed by atoms with E-state index < -0.39 is 18.1 Å². The summed E-state index contributed by atoms with van der Waals surface area (Å²) < 4.78 is 5.28. The molecule has 0 heterocycles. The maximum absolute atomic E-state index is 12.7. The van der Waals surface area contributed by atoms with Crippen molar-refractivity contribution in [3.63, 3.8) is 0 Å². The van der Waals surface area contributed by atoms with Gasteiger partial charge in [-0.15, -0.1) is 11.8 Å². The number of aliphatic carboxylic acids is 1. The number of unbranched alkanes of at least 4 members (excludes halogenated alkanes) is 2. The lowest BCUT2D eigenvalue weighted by molar-refractivity contribution is -0.139. The van der Waals surface area contributed by atoms with Crippen LogP contribution < -0.4 is 10.6 Å². The fourth-order valence-corrected chi connectivity index (χ4v) is 8.67. The molecule has 0 saturated heterocycles. The monoisotopic (exact) mass is 698 g/mol. The lowest BCUT2D eigenvalue weighted by Crippen LogP contribution is -2.41. The van der Waals surface area contributed by atoms with Crippen molar-refractivity contribution in [1.29, 1.82) is 0 Å². The van der Waals surface area contributed by atoms with E-state index in [9.17, 15) is 14.7 Å². The molecule has 0 bridgehead atoms. The molecular weight excluding hydrogens is 653 g/mol. The number of hydrogen-bond donors (Lipinski definition) is 3.